The quantitative estimate of drug-likeness (QED) is 0.108. The van der Waals surface area contributed by atoms with Gasteiger partial charge in [0.15, 0.2) is 22.7 Å². The summed E-state index contributed by atoms with van der Waals surface area (Å²) in [6, 6.07) is 1.84. The average Bonchev–Trinajstić information content (AvgIpc) is 2.78. The number of aromatic hydroxyl groups is 3. The van der Waals surface area contributed by atoms with E-state index < -0.39 is 82.7 Å². The van der Waals surface area contributed by atoms with Gasteiger partial charge in [-0.05, 0) is 12.1 Å². The van der Waals surface area contributed by atoms with Crippen LogP contribution < -0.4 is 16.0 Å². The fraction of sp³-hybridized carbons (Fsp3) is 0.300. The highest BCUT2D eigenvalue weighted by atomic mass is 16.7. The minimum absolute atomic E-state index is 0.107. The van der Waals surface area contributed by atoms with Gasteiger partial charge in [-0.2, -0.15) is 0 Å². The van der Waals surface area contributed by atoms with Gasteiger partial charge in [-0.3, -0.25) is 0 Å². The molecule has 1 aliphatic rings. The fourth-order valence-corrected chi connectivity index (χ4v) is 3.97. The predicted octanol–water partition coefficient (Wildman–Crippen LogP) is -1.21. The first-order valence-corrected chi connectivity index (χ1v) is 9.54. The van der Waals surface area contributed by atoms with E-state index >= 15 is 0 Å². The van der Waals surface area contributed by atoms with Gasteiger partial charge in [-0.1, -0.05) is 0 Å². The maximum absolute atomic E-state index is 12.6. The summed E-state index contributed by atoms with van der Waals surface area (Å²) >= 11 is 0. The van der Waals surface area contributed by atoms with Crippen molar-refractivity contribution in [2.45, 2.75) is 30.7 Å². The van der Waals surface area contributed by atoms with Gasteiger partial charge in [0, 0.05) is 10.8 Å². The number of hydrogen-bond acceptors (Lipinski definition) is 13. The lowest BCUT2D eigenvalue weighted by molar-refractivity contribution is -0.277. The molecule has 1 fully saturated rings. The van der Waals surface area contributed by atoms with Gasteiger partial charge >= 0.3 is 11.3 Å². The summed E-state index contributed by atoms with van der Waals surface area (Å²) in [5, 5.41) is 69.3. The van der Waals surface area contributed by atoms with Crippen molar-refractivity contribution in [3.63, 3.8) is 0 Å². The van der Waals surface area contributed by atoms with Gasteiger partial charge in [0.25, 0.3) is 0 Å². The zero-order chi connectivity index (χ0) is 23.8. The van der Waals surface area contributed by atoms with E-state index in [1.807, 2.05) is 0 Å². The number of phenols is 3. The maximum atomic E-state index is 12.6. The number of ether oxygens (including phenoxy) is 2. The van der Waals surface area contributed by atoms with E-state index in [0.29, 0.717) is 0 Å². The van der Waals surface area contributed by atoms with Crippen LogP contribution in [0, 0.1) is 0 Å². The topological polar surface area (TPSA) is 220 Å². The summed E-state index contributed by atoms with van der Waals surface area (Å²) in [5.74, 6) is -2.86. The van der Waals surface area contributed by atoms with Crippen molar-refractivity contribution in [2.75, 3.05) is 6.61 Å². The Morgan fingerprint density at radius 1 is 0.818 bits per heavy atom. The number of aliphatic hydroxyl groups is 4. The molecular formula is C20H16O13. The van der Waals surface area contributed by atoms with Crippen molar-refractivity contribution in [3.8, 4) is 23.0 Å². The number of benzene rings is 2. The van der Waals surface area contributed by atoms with E-state index in [-0.39, 0.29) is 21.5 Å². The van der Waals surface area contributed by atoms with E-state index in [1.165, 1.54) is 0 Å². The minimum atomic E-state index is -1.85. The summed E-state index contributed by atoms with van der Waals surface area (Å²) in [6.07, 6.45) is -8.38. The number of rotatable bonds is 3. The van der Waals surface area contributed by atoms with Gasteiger partial charge in [-0.15, -0.1) is 0 Å². The largest absolute Gasteiger partial charge is 0.504 e. The monoisotopic (exact) mass is 464 g/mol. The highest BCUT2D eigenvalue weighted by Gasteiger charge is 2.45. The van der Waals surface area contributed by atoms with Crippen molar-refractivity contribution in [1.29, 1.82) is 0 Å². The molecule has 13 heteroatoms. The molecule has 3 heterocycles. The number of aliphatic hydroxyl groups excluding tert-OH is 4. The summed E-state index contributed by atoms with van der Waals surface area (Å²) in [7, 11) is 0. The smallest absolute Gasteiger partial charge is 0.344 e. The van der Waals surface area contributed by atoms with Gasteiger partial charge in [0.1, 0.15) is 24.4 Å². The Labute approximate surface area is 180 Å². The molecule has 1 saturated heterocycles. The van der Waals surface area contributed by atoms with E-state index in [2.05, 4.69) is 0 Å². The Kier molecular flexibility index (Phi) is 4.63. The Morgan fingerprint density at radius 2 is 1.39 bits per heavy atom. The predicted molar refractivity (Wildman–Crippen MR) is 107 cm³/mol. The Balaban J connectivity index is 1.78. The zero-order valence-electron chi connectivity index (χ0n) is 16.3. The lowest BCUT2D eigenvalue weighted by atomic mass is 9.99. The van der Waals surface area contributed by atoms with Crippen molar-refractivity contribution in [1.82, 2.24) is 0 Å². The lowest BCUT2D eigenvalue weighted by Gasteiger charge is -2.39. The Bertz CT molecular complexity index is 1500. The molecule has 2 aromatic heterocycles. The third-order valence-corrected chi connectivity index (χ3v) is 5.61. The molecule has 33 heavy (non-hydrogen) atoms. The van der Waals surface area contributed by atoms with Gasteiger partial charge in [0.2, 0.25) is 17.8 Å². The standard InChI is InChI=1S/C20H16O13/c21-3-8-12(25)13(26)14(27)20(30-8)33-15-7(23)2-5-10-9-4(19(29)32-17(10)15)1-6(22)11(24)16(9)31-18(5)28/h1-2,8,12-14,20-27H,3H2/t8-,12+,13+,14-,20?/m1/s1. The summed E-state index contributed by atoms with van der Waals surface area (Å²) < 4.78 is 21.0. The van der Waals surface area contributed by atoms with Crippen molar-refractivity contribution in [2.24, 2.45) is 0 Å². The normalized spacial score (nSPS) is 25.9. The average molecular weight is 464 g/mol. The van der Waals surface area contributed by atoms with Crippen LogP contribution >= 0.6 is 0 Å². The van der Waals surface area contributed by atoms with E-state index in [4.69, 9.17) is 18.3 Å². The summed E-state index contributed by atoms with van der Waals surface area (Å²) in [5.41, 5.74) is -3.09. The first-order valence-electron chi connectivity index (χ1n) is 9.54. The van der Waals surface area contributed by atoms with E-state index in [1.54, 1.807) is 0 Å². The van der Waals surface area contributed by atoms with Gasteiger partial charge < -0.3 is 54.1 Å². The molecule has 0 spiro atoms. The second-order valence-corrected chi connectivity index (χ2v) is 7.57. The molecule has 0 amide bonds. The third-order valence-electron chi connectivity index (χ3n) is 5.61. The third kappa shape index (κ3) is 2.91. The molecule has 174 valence electrons. The molecule has 2 aromatic carbocycles. The second kappa shape index (κ2) is 7.19. The van der Waals surface area contributed by atoms with Crippen LogP contribution in [0.5, 0.6) is 23.0 Å². The van der Waals surface area contributed by atoms with E-state index in [0.717, 1.165) is 12.1 Å². The summed E-state index contributed by atoms with van der Waals surface area (Å²) in [4.78, 5) is 25.1. The summed E-state index contributed by atoms with van der Waals surface area (Å²) in [6.45, 7) is -0.742. The van der Waals surface area contributed by atoms with E-state index in [9.17, 15) is 45.3 Å². The van der Waals surface area contributed by atoms with Crippen molar-refractivity contribution >= 4 is 32.7 Å². The van der Waals surface area contributed by atoms with Crippen LogP contribution in [0.3, 0.4) is 0 Å². The molecule has 1 aliphatic heterocycles. The molecule has 1 unspecified atom stereocenters. The minimum Gasteiger partial charge on any atom is -0.504 e. The molecular weight excluding hydrogens is 448 g/mol. The maximum Gasteiger partial charge on any atom is 0.344 e. The van der Waals surface area contributed by atoms with Crippen LogP contribution in [0.1, 0.15) is 0 Å². The number of hydrogen-bond donors (Lipinski definition) is 7. The van der Waals surface area contributed by atoms with Gasteiger partial charge in [0.05, 0.1) is 17.4 Å². The molecule has 0 aliphatic carbocycles. The van der Waals surface area contributed by atoms with Crippen molar-refractivity contribution < 1.29 is 54.1 Å². The SMILES string of the molecule is O=c1oc2c(OC3O[C@H](CO)[C@H](O)[C@H](O)[C@H]3O)c(O)cc3c(=O)oc4c(O)c(O)cc1c4c23. The molecule has 13 nitrogen and oxygen atoms in total. The molecule has 5 rings (SSSR count). The van der Waals surface area contributed by atoms with Crippen LogP contribution in [-0.4, -0.2) is 73.1 Å². The molecule has 0 saturated carbocycles. The van der Waals surface area contributed by atoms with Crippen LogP contribution in [0.4, 0.5) is 0 Å². The van der Waals surface area contributed by atoms with Gasteiger partial charge in [-0.25, -0.2) is 9.59 Å². The van der Waals surface area contributed by atoms with Crippen LogP contribution in [-0.2, 0) is 4.74 Å². The first-order chi connectivity index (χ1) is 15.6. The first kappa shape index (κ1) is 21.2. The molecule has 7 N–H and O–H groups in total. The fourth-order valence-electron chi connectivity index (χ4n) is 3.97. The molecule has 5 atom stereocenters. The molecule has 0 bridgehead atoms. The van der Waals surface area contributed by atoms with Crippen LogP contribution in [0.15, 0.2) is 30.6 Å². The second-order valence-electron chi connectivity index (χ2n) is 7.57. The Hall–Kier alpha value is -3.62. The Morgan fingerprint density at radius 3 is 2.03 bits per heavy atom. The highest BCUT2D eigenvalue weighted by Crippen LogP contribution is 2.45. The van der Waals surface area contributed by atoms with Crippen LogP contribution in [0.2, 0.25) is 0 Å². The highest BCUT2D eigenvalue weighted by molar-refractivity contribution is 6.22. The number of phenolic OH excluding ortho intramolecular Hbond substituents is 3. The molecule has 4 aromatic rings. The van der Waals surface area contributed by atoms with Crippen LogP contribution in [0.25, 0.3) is 32.7 Å². The van der Waals surface area contributed by atoms with Crippen molar-refractivity contribution in [3.05, 3.63) is 33.0 Å². The zero-order valence-corrected chi connectivity index (χ0v) is 16.3. The lowest BCUT2D eigenvalue weighted by Crippen LogP contribution is -2.60. The molecule has 0 radical (unpaired) electrons.